The fourth-order valence-electron chi connectivity index (χ4n) is 0.504. The van der Waals surface area contributed by atoms with E-state index in [0.717, 1.165) is 11.3 Å². The molecule has 0 radical (unpaired) electrons. The van der Waals surface area contributed by atoms with E-state index in [2.05, 4.69) is 0 Å². The van der Waals surface area contributed by atoms with E-state index >= 15 is 0 Å². The Hall–Kier alpha value is 0.480. The third-order valence-corrected chi connectivity index (χ3v) is 4.99. The average Bonchev–Trinajstić information content (AvgIpc) is 2.35. The van der Waals surface area contributed by atoms with Crippen LogP contribution in [0.3, 0.4) is 0 Å². The van der Waals surface area contributed by atoms with E-state index in [1.165, 1.54) is 12.1 Å². The Labute approximate surface area is 88.7 Å². The van der Waals surface area contributed by atoms with Crippen LogP contribution in [0.15, 0.2) is 16.3 Å². The highest BCUT2D eigenvalue weighted by Crippen LogP contribution is 2.29. The van der Waals surface area contributed by atoms with Gasteiger partial charge in [-0.05, 0) is 15.5 Å². The van der Waals surface area contributed by atoms with Crippen molar-refractivity contribution in [3.05, 3.63) is 16.5 Å². The Balaban J connectivity index is 3.15. The zero-order valence-electron chi connectivity index (χ0n) is 5.37. The first-order chi connectivity index (χ1) is 5.44. The molecule has 0 amide bonds. The van der Waals surface area contributed by atoms with Gasteiger partial charge in [-0.2, -0.15) is 0 Å². The summed E-state index contributed by atoms with van der Waals surface area (Å²) in [6, 6.07) is 2.79. The second-order valence-corrected chi connectivity index (χ2v) is 6.71. The van der Waals surface area contributed by atoms with Crippen molar-refractivity contribution in [2.45, 2.75) is 4.21 Å². The van der Waals surface area contributed by atoms with Gasteiger partial charge in [-0.25, -0.2) is 8.42 Å². The first-order valence-electron chi connectivity index (χ1n) is 2.57. The molecule has 0 aliphatic heterocycles. The Morgan fingerprint density at radius 3 is 2.25 bits per heavy atom. The van der Waals surface area contributed by atoms with Gasteiger partial charge in [-0.3, -0.25) is 0 Å². The van der Waals surface area contributed by atoms with Crippen molar-refractivity contribution in [1.82, 2.24) is 3.34 Å². The standard InChI is InChI=1S/C4H2Cl3NO2S2/c5-3-1-2-4(11-3)12(9,10)8(6)7/h1-2H. The lowest BCUT2D eigenvalue weighted by molar-refractivity contribution is 0.582. The van der Waals surface area contributed by atoms with Crippen LogP contribution in [-0.4, -0.2) is 11.8 Å². The molecule has 0 aromatic carbocycles. The molecule has 0 N–H and O–H groups in total. The van der Waals surface area contributed by atoms with Gasteiger partial charge in [0.2, 0.25) is 0 Å². The summed E-state index contributed by atoms with van der Waals surface area (Å²) in [4.78, 5) is 0. The largest absolute Gasteiger partial charge is 0.280 e. The second kappa shape index (κ2) is 3.69. The summed E-state index contributed by atoms with van der Waals surface area (Å²) in [5, 5.41) is 0. The third-order valence-electron chi connectivity index (χ3n) is 0.984. The van der Waals surface area contributed by atoms with E-state index < -0.39 is 10.0 Å². The smallest absolute Gasteiger partial charge is 0.204 e. The highest BCUT2D eigenvalue weighted by atomic mass is 35.5. The molecule has 3 nitrogen and oxygen atoms in total. The van der Waals surface area contributed by atoms with Crippen LogP contribution in [0.5, 0.6) is 0 Å². The maximum absolute atomic E-state index is 11.2. The lowest BCUT2D eigenvalue weighted by Crippen LogP contribution is -2.10. The van der Waals surface area contributed by atoms with Crippen molar-refractivity contribution in [2.75, 3.05) is 0 Å². The van der Waals surface area contributed by atoms with Crippen LogP contribution in [0.1, 0.15) is 0 Å². The zero-order valence-corrected chi connectivity index (χ0v) is 9.27. The maximum atomic E-state index is 11.2. The third kappa shape index (κ3) is 2.04. The van der Waals surface area contributed by atoms with E-state index in [4.69, 9.17) is 35.2 Å². The topological polar surface area (TPSA) is 37.4 Å². The van der Waals surface area contributed by atoms with Crippen LogP contribution in [0.4, 0.5) is 0 Å². The van der Waals surface area contributed by atoms with Crippen LogP contribution in [0, 0.1) is 0 Å². The van der Waals surface area contributed by atoms with Gasteiger partial charge in [-0.1, -0.05) is 11.6 Å². The summed E-state index contributed by atoms with van der Waals surface area (Å²) in [6.45, 7) is 0. The molecule has 0 atom stereocenters. The van der Waals surface area contributed by atoms with Crippen LogP contribution in [0.2, 0.25) is 4.34 Å². The molecule has 0 fully saturated rings. The predicted molar refractivity (Wildman–Crippen MR) is 50.1 cm³/mol. The minimum absolute atomic E-state index is 0.0116. The molecule has 8 heteroatoms. The Kier molecular flexibility index (Phi) is 3.25. The maximum Gasteiger partial charge on any atom is 0.280 e. The number of halogens is 3. The molecule has 12 heavy (non-hydrogen) atoms. The SMILES string of the molecule is O=S(=O)(c1ccc(Cl)s1)N(Cl)Cl. The van der Waals surface area contributed by atoms with E-state index in [9.17, 15) is 8.42 Å². The van der Waals surface area contributed by atoms with Crippen molar-refractivity contribution in [3.63, 3.8) is 0 Å². The molecular weight excluding hydrogens is 265 g/mol. The summed E-state index contributed by atoms with van der Waals surface area (Å²) < 4.78 is 22.8. The van der Waals surface area contributed by atoms with Crippen LogP contribution >= 0.6 is 46.5 Å². The molecule has 0 saturated carbocycles. The Morgan fingerprint density at radius 1 is 1.33 bits per heavy atom. The van der Waals surface area contributed by atoms with E-state index in [1.807, 2.05) is 0 Å². The van der Waals surface area contributed by atoms with E-state index in [0.29, 0.717) is 4.34 Å². The molecule has 0 aliphatic rings. The molecule has 0 unspecified atom stereocenters. The highest BCUT2D eigenvalue weighted by molar-refractivity contribution is 7.93. The van der Waals surface area contributed by atoms with Crippen molar-refractivity contribution < 1.29 is 8.42 Å². The minimum atomic E-state index is -3.76. The molecule has 0 aliphatic carbocycles. The average molecular weight is 267 g/mol. The lowest BCUT2D eigenvalue weighted by Gasteiger charge is -2.01. The highest BCUT2D eigenvalue weighted by Gasteiger charge is 2.22. The van der Waals surface area contributed by atoms with Crippen molar-refractivity contribution in [2.24, 2.45) is 0 Å². The molecule has 1 aromatic heterocycles. The first-order valence-corrected chi connectivity index (χ1v) is 5.88. The number of hydrogen-bond donors (Lipinski definition) is 0. The molecular formula is C4H2Cl3NO2S2. The minimum Gasteiger partial charge on any atom is -0.204 e. The van der Waals surface area contributed by atoms with E-state index in [-0.39, 0.29) is 7.55 Å². The van der Waals surface area contributed by atoms with Gasteiger partial charge in [0.15, 0.2) is 0 Å². The summed E-state index contributed by atoms with van der Waals surface area (Å²) >= 11 is 16.6. The summed E-state index contributed by atoms with van der Waals surface area (Å²) in [6.07, 6.45) is 0. The predicted octanol–water partition coefficient (Wildman–Crippen LogP) is 2.70. The Morgan fingerprint density at radius 2 is 1.92 bits per heavy atom. The molecule has 1 aromatic rings. The number of nitrogens with zero attached hydrogens (tertiary/aromatic N) is 1. The first kappa shape index (κ1) is 10.6. The molecule has 1 heterocycles. The van der Waals surface area contributed by atoms with Crippen LogP contribution < -0.4 is 0 Å². The summed E-state index contributed by atoms with van der Waals surface area (Å²) in [7, 11) is -3.76. The van der Waals surface area contributed by atoms with Gasteiger partial charge >= 0.3 is 0 Å². The number of sulfonamides is 1. The molecule has 0 saturated heterocycles. The monoisotopic (exact) mass is 265 g/mol. The second-order valence-electron chi connectivity index (χ2n) is 1.74. The lowest BCUT2D eigenvalue weighted by atomic mass is 10.7. The fourth-order valence-corrected chi connectivity index (χ4v) is 3.40. The summed E-state index contributed by atoms with van der Waals surface area (Å²) in [5.74, 6) is 0. The number of thiophene rings is 1. The van der Waals surface area contributed by atoms with Crippen LogP contribution in [0.25, 0.3) is 0 Å². The van der Waals surface area contributed by atoms with Gasteiger partial charge < -0.3 is 0 Å². The van der Waals surface area contributed by atoms with Gasteiger partial charge in [0.25, 0.3) is 10.0 Å². The molecule has 0 bridgehead atoms. The molecule has 0 spiro atoms. The summed E-state index contributed by atoms with van der Waals surface area (Å²) in [5.41, 5.74) is 0. The van der Waals surface area contributed by atoms with Crippen molar-refractivity contribution in [1.29, 1.82) is 0 Å². The zero-order chi connectivity index (χ0) is 9.35. The Bertz CT molecular complexity index is 371. The van der Waals surface area contributed by atoms with Gasteiger partial charge in [0.1, 0.15) is 4.21 Å². The normalized spacial score (nSPS) is 12.3. The fraction of sp³-hybridized carbons (Fsp3) is 0. The molecule has 68 valence electrons. The van der Waals surface area contributed by atoms with Crippen molar-refractivity contribution >= 4 is 56.5 Å². The van der Waals surface area contributed by atoms with E-state index in [1.54, 1.807) is 0 Å². The quantitative estimate of drug-likeness (QED) is 0.772. The number of rotatable bonds is 2. The van der Waals surface area contributed by atoms with Crippen molar-refractivity contribution in [3.8, 4) is 0 Å². The number of hydrogen-bond acceptors (Lipinski definition) is 3. The van der Waals surface area contributed by atoms with Gasteiger partial charge in [0.05, 0.1) is 4.34 Å². The molecule has 1 rings (SSSR count). The van der Waals surface area contributed by atoms with Gasteiger partial charge in [-0.15, -0.1) is 11.3 Å². The van der Waals surface area contributed by atoms with Gasteiger partial charge in [0, 0.05) is 23.6 Å². The van der Waals surface area contributed by atoms with Crippen LogP contribution in [-0.2, 0) is 10.0 Å².